The van der Waals surface area contributed by atoms with Crippen LogP contribution in [0.1, 0.15) is 23.6 Å². The second-order valence-electron chi connectivity index (χ2n) is 5.91. The Bertz CT molecular complexity index is 886. The number of carbonyl (C=O) groups excluding carboxylic acids is 2. The number of pyridine rings is 1. The number of anilines is 1. The lowest BCUT2D eigenvalue weighted by Crippen LogP contribution is -2.46. The molecule has 1 aromatic heterocycles. The number of amides is 2. The fourth-order valence-electron chi connectivity index (χ4n) is 3.27. The summed E-state index contributed by atoms with van der Waals surface area (Å²) in [6.07, 6.45) is 0.974. The topological polar surface area (TPSA) is 85.5 Å². The molecular weight excluding hydrogens is 344 g/mol. The van der Waals surface area contributed by atoms with Crippen LogP contribution >= 0.6 is 0 Å². The van der Waals surface area contributed by atoms with E-state index in [1.54, 1.807) is 6.92 Å². The Hall–Kier alpha value is -2.87. The zero-order valence-corrected chi connectivity index (χ0v) is 14.3. The van der Waals surface area contributed by atoms with E-state index in [9.17, 15) is 18.4 Å². The summed E-state index contributed by atoms with van der Waals surface area (Å²) in [4.78, 5) is 29.8. The van der Waals surface area contributed by atoms with Crippen molar-refractivity contribution < 1.29 is 23.1 Å². The maximum atomic E-state index is 14.3. The van der Waals surface area contributed by atoms with Gasteiger partial charge in [0.05, 0.1) is 6.20 Å². The summed E-state index contributed by atoms with van der Waals surface area (Å²) in [7, 11) is 0. The average molecular weight is 361 g/mol. The van der Waals surface area contributed by atoms with Crippen molar-refractivity contribution >= 4 is 17.6 Å². The van der Waals surface area contributed by atoms with Crippen LogP contribution in [0.4, 0.5) is 14.6 Å². The molecule has 2 N–H and O–H groups in total. The molecule has 0 unspecified atom stereocenters. The van der Waals surface area contributed by atoms with Crippen molar-refractivity contribution in [1.29, 1.82) is 0 Å². The van der Waals surface area contributed by atoms with Gasteiger partial charge in [-0.15, -0.1) is 0 Å². The lowest BCUT2D eigenvalue weighted by Gasteiger charge is -2.29. The Kier molecular flexibility index (Phi) is 4.45. The van der Waals surface area contributed by atoms with Crippen LogP contribution in [0.3, 0.4) is 0 Å². The molecule has 26 heavy (non-hydrogen) atoms. The summed E-state index contributed by atoms with van der Waals surface area (Å²) < 4.78 is 33.5. The van der Waals surface area contributed by atoms with Gasteiger partial charge in [-0.3, -0.25) is 14.5 Å². The molecule has 0 radical (unpaired) electrons. The summed E-state index contributed by atoms with van der Waals surface area (Å²) in [6.45, 7) is 2.86. The van der Waals surface area contributed by atoms with Gasteiger partial charge in [-0.1, -0.05) is 12.1 Å². The Balaban J connectivity index is 2.34. The minimum atomic E-state index is -1.73. The van der Waals surface area contributed by atoms with Crippen molar-refractivity contribution in [2.24, 2.45) is 5.73 Å². The number of carbonyl (C=O) groups is 2. The monoisotopic (exact) mass is 361 g/mol. The minimum absolute atomic E-state index is 0.102. The molecule has 2 aromatic rings. The lowest BCUT2D eigenvalue weighted by molar-refractivity contribution is -0.138. The molecule has 136 valence electrons. The number of aromatic nitrogens is 1. The van der Waals surface area contributed by atoms with Crippen LogP contribution in [0.25, 0.3) is 0 Å². The summed E-state index contributed by atoms with van der Waals surface area (Å²) in [6, 6.07) is 5.15. The van der Waals surface area contributed by atoms with E-state index in [0.717, 1.165) is 11.1 Å². The molecule has 0 saturated heterocycles. The van der Waals surface area contributed by atoms with Crippen molar-refractivity contribution in [3.63, 3.8) is 0 Å². The molecule has 0 fully saturated rings. The summed E-state index contributed by atoms with van der Waals surface area (Å²) in [5.41, 5.74) is 4.19. The van der Waals surface area contributed by atoms with E-state index >= 15 is 0 Å². The smallest absolute Gasteiger partial charge is 0.270 e. The van der Waals surface area contributed by atoms with Crippen LogP contribution in [-0.2, 0) is 19.9 Å². The van der Waals surface area contributed by atoms with E-state index in [-0.39, 0.29) is 23.6 Å². The van der Waals surface area contributed by atoms with Crippen molar-refractivity contribution in [3.8, 4) is 0 Å². The molecule has 8 heteroatoms. The fourth-order valence-corrected chi connectivity index (χ4v) is 3.27. The third-order valence-corrected chi connectivity index (χ3v) is 4.34. The SMILES string of the molecule is CCO[C@]1(c2ccc(F)cc2)C(=O)N(CC(N)=O)c2ncc(F)c(C)c21. The van der Waals surface area contributed by atoms with Crippen LogP contribution in [0.15, 0.2) is 30.5 Å². The minimum Gasteiger partial charge on any atom is -0.368 e. The van der Waals surface area contributed by atoms with Gasteiger partial charge < -0.3 is 10.5 Å². The van der Waals surface area contributed by atoms with Crippen LogP contribution in [0.5, 0.6) is 0 Å². The van der Waals surface area contributed by atoms with E-state index in [4.69, 9.17) is 10.5 Å². The highest BCUT2D eigenvalue weighted by molar-refractivity contribution is 6.11. The van der Waals surface area contributed by atoms with Gasteiger partial charge in [-0.2, -0.15) is 0 Å². The Morgan fingerprint density at radius 3 is 2.54 bits per heavy atom. The average Bonchev–Trinajstić information content (AvgIpc) is 2.82. The van der Waals surface area contributed by atoms with Gasteiger partial charge in [0.15, 0.2) is 0 Å². The van der Waals surface area contributed by atoms with Crippen molar-refractivity contribution in [2.45, 2.75) is 19.4 Å². The van der Waals surface area contributed by atoms with Gasteiger partial charge >= 0.3 is 0 Å². The number of primary amides is 1. The first-order valence-corrected chi connectivity index (χ1v) is 7.98. The zero-order chi connectivity index (χ0) is 19.1. The molecule has 0 aliphatic carbocycles. The van der Waals surface area contributed by atoms with Crippen molar-refractivity contribution in [2.75, 3.05) is 18.1 Å². The molecule has 0 bridgehead atoms. The molecule has 1 aliphatic heterocycles. The van der Waals surface area contributed by atoms with E-state index in [2.05, 4.69) is 4.98 Å². The number of benzene rings is 1. The predicted octanol–water partition coefficient (Wildman–Crippen LogP) is 1.78. The number of ether oxygens (including phenoxy) is 1. The van der Waals surface area contributed by atoms with Gasteiger partial charge in [0.2, 0.25) is 11.5 Å². The number of hydrogen-bond acceptors (Lipinski definition) is 4. The van der Waals surface area contributed by atoms with Crippen LogP contribution in [-0.4, -0.2) is 29.9 Å². The molecule has 0 saturated carbocycles. The highest BCUT2D eigenvalue weighted by Gasteiger charge is 2.55. The second kappa shape index (κ2) is 6.45. The maximum Gasteiger partial charge on any atom is 0.270 e. The summed E-state index contributed by atoms with van der Waals surface area (Å²) in [5, 5.41) is 0. The molecule has 1 aromatic carbocycles. The third-order valence-electron chi connectivity index (χ3n) is 4.34. The number of nitrogens with two attached hydrogens (primary N) is 1. The van der Waals surface area contributed by atoms with Gasteiger partial charge in [-0.05, 0) is 37.1 Å². The van der Waals surface area contributed by atoms with Gasteiger partial charge in [0, 0.05) is 12.2 Å². The zero-order valence-electron chi connectivity index (χ0n) is 14.3. The van der Waals surface area contributed by atoms with E-state index in [1.807, 2.05) is 0 Å². The number of fused-ring (bicyclic) bond motifs is 1. The van der Waals surface area contributed by atoms with Crippen LogP contribution < -0.4 is 10.6 Å². The van der Waals surface area contributed by atoms with E-state index in [1.165, 1.54) is 31.2 Å². The predicted molar refractivity (Wildman–Crippen MR) is 89.3 cm³/mol. The fraction of sp³-hybridized carbons (Fsp3) is 0.278. The number of hydrogen-bond donors (Lipinski definition) is 1. The maximum absolute atomic E-state index is 14.3. The molecule has 2 heterocycles. The molecule has 1 aliphatic rings. The molecule has 3 rings (SSSR count). The second-order valence-corrected chi connectivity index (χ2v) is 5.91. The van der Waals surface area contributed by atoms with E-state index < -0.39 is 35.6 Å². The standard InChI is InChI=1S/C18H17F2N3O3/c1-3-26-18(11-4-6-12(19)7-5-11)15-10(2)13(20)8-22-16(15)23(17(18)25)9-14(21)24/h4-8H,3,9H2,1-2H3,(H2,21,24)/t18-/m0/s1. The molecular formula is C18H17F2N3O3. The van der Waals surface area contributed by atoms with Gasteiger partial charge in [-0.25, -0.2) is 13.8 Å². The number of rotatable bonds is 5. The first-order valence-electron chi connectivity index (χ1n) is 7.98. The highest BCUT2D eigenvalue weighted by Crippen LogP contribution is 2.48. The summed E-state index contributed by atoms with van der Waals surface area (Å²) in [5.74, 6) is -2.39. The highest BCUT2D eigenvalue weighted by atomic mass is 19.1. The molecule has 0 spiro atoms. The lowest BCUT2D eigenvalue weighted by atomic mass is 9.85. The molecule has 2 amide bonds. The largest absolute Gasteiger partial charge is 0.368 e. The molecule has 6 nitrogen and oxygen atoms in total. The van der Waals surface area contributed by atoms with Gasteiger partial charge in [0.25, 0.3) is 5.91 Å². The normalized spacial score (nSPS) is 18.9. The quantitative estimate of drug-likeness (QED) is 0.880. The Labute approximate surface area is 148 Å². The molecule has 1 atom stereocenters. The number of halogens is 2. The van der Waals surface area contributed by atoms with Gasteiger partial charge in [0.1, 0.15) is 24.0 Å². The number of nitrogens with zero attached hydrogens (tertiary/aromatic N) is 2. The Morgan fingerprint density at radius 2 is 1.96 bits per heavy atom. The van der Waals surface area contributed by atoms with Crippen molar-refractivity contribution in [1.82, 2.24) is 4.98 Å². The summed E-state index contributed by atoms with van der Waals surface area (Å²) >= 11 is 0. The van der Waals surface area contributed by atoms with Crippen LogP contribution in [0.2, 0.25) is 0 Å². The van der Waals surface area contributed by atoms with E-state index in [0.29, 0.717) is 5.56 Å². The first-order chi connectivity index (χ1) is 12.3. The third kappa shape index (κ3) is 2.53. The van der Waals surface area contributed by atoms with Crippen molar-refractivity contribution in [3.05, 3.63) is 58.8 Å². The van der Waals surface area contributed by atoms with Crippen LogP contribution in [0, 0.1) is 18.6 Å². The Morgan fingerprint density at radius 1 is 1.31 bits per heavy atom. The first kappa shape index (κ1) is 17.9.